The number of esters is 1. The lowest BCUT2D eigenvalue weighted by atomic mass is 10.1. The zero-order valence-corrected chi connectivity index (χ0v) is 28.4. The van der Waals surface area contributed by atoms with Gasteiger partial charge in [-0.2, -0.15) is 0 Å². The number of fused-ring (bicyclic) bond motifs is 1. The molecule has 256 valence electrons. The summed E-state index contributed by atoms with van der Waals surface area (Å²) in [5.41, 5.74) is 3.40. The summed E-state index contributed by atoms with van der Waals surface area (Å²) in [6.45, 7) is 11.5. The molecule has 4 heterocycles. The first kappa shape index (κ1) is 35.4. The molecule has 0 aromatic carbocycles. The number of carboxylic acids is 1. The molecule has 4 rings (SSSR count). The van der Waals surface area contributed by atoms with Gasteiger partial charge in [-0.05, 0) is 40.5 Å². The lowest BCUT2D eigenvalue weighted by molar-refractivity contribution is -0.169. The molecule has 2 aromatic rings. The van der Waals surface area contributed by atoms with Crippen molar-refractivity contribution in [3.63, 3.8) is 0 Å². The number of carbonyl (C=O) groups is 5. The quantitative estimate of drug-likeness (QED) is 0.104. The number of nitrogens with two attached hydrogens (primary N) is 1. The van der Waals surface area contributed by atoms with Crippen LogP contribution in [0.1, 0.15) is 59.9 Å². The Hall–Kier alpha value is -4.46. The fourth-order valence-corrected chi connectivity index (χ4v) is 6.31. The number of hydrogen-bond donors (Lipinski definition) is 4. The monoisotopic (exact) mass is 695 g/mol. The van der Waals surface area contributed by atoms with Gasteiger partial charge in [0.2, 0.25) is 16.4 Å². The number of β-lactam (4-membered cyclic amide) rings is 1. The van der Waals surface area contributed by atoms with Crippen LogP contribution in [0.5, 0.6) is 0 Å². The average Bonchev–Trinajstić information content (AvgIpc) is 3.70. The van der Waals surface area contributed by atoms with Crippen LogP contribution in [0.2, 0.25) is 0 Å². The summed E-state index contributed by atoms with van der Waals surface area (Å²) < 4.78 is 11.5. The first-order chi connectivity index (χ1) is 21.8. The first-order valence-corrected chi connectivity index (χ1v) is 16.1. The van der Waals surface area contributed by atoms with Crippen molar-refractivity contribution in [3.8, 4) is 0 Å². The summed E-state index contributed by atoms with van der Waals surface area (Å²) >= 11 is 1.92. The number of carboxylic acid groups (broad SMARTS) is 1. The number of hydrogen-bond acceptors (Lipinski definition) is 15. The number of ether oxygens (including phenoxy) is 2. The predicted molar refractivity (Wildman–Crippen MR) is 168 cm³/mol. The van der Waals surface area contributed by atoms with Gasteiger partial charge in [0.05, 0.1) is 25.9 Å². The molecular formula is C27H37N9O9S2. The Labute approximate surface area is 277 Å². The third kappa shape index (κ3) is 7.92. The van der Waals surface area contributed by atoms with E-state index >= 15 is 0 Å². The molecule has 18 nitrogen and oxygen atoms in total. The number of nitrogens with zero attached hydrogens (tertiary/aromatic N) is 6. The molecule has 0 aliphatic carbocycles. The molecule has 2 aliphatic rings. The molecular weight excluding hydrogens is 658 g/mol. The largest absolute Gasteiger partial charge is 0.479 e. The summed E-state index contributed by atoms with van der Waals surface area (Å²) in [5, 5.41) is 28.0. The van der Waals surface area contributed by atoms with Crippen molar-refractivity contribution in [3.05, 3.63) is 23.0 Å². The van der Waals surface area contributed by atoms with Gasteiger partial charge < -0.3 is 40.7 Å². The fourth-order valence-electron chi connectivity index (χ4n) is 4.22. The van der Waals surface area contributed by atoms with Crippen molar-refractivity contribution in [1.82, 2.24) is 35.5 Å². The van der Waals surface area contributed by atoms with E-state index in [1.54, 1.807) is 20.8 Å². The summed E-state index contributed by atoms with van der Waals surface area (Å²) in [5.74, 6) is -3.34. The number of amides is 3. The molecule has 1 unspecified atom stereocenters. The number of thiazole rings is 1. The van der Waals surface area contributed by atoms with Gasteiger partial charge in [0.15, 0.2) is 10.8 Å². The molecule has 0 bridgehead atoms. The third-order valence-corrected chi connectivity index (χ3v) is 8.89. The lowest BCUT2D eigenvalue weighted by Crippen LogP contribution is -2.68. The number of aliphatic carboxylic acids is 1. The summed E-state index contributed by atoms with van der Waals surface area (Å²) in [4.78, 5) is 72.9. The summed E-state index contributed by atoms with van der Waals surface area (Å²) in [6.07, 6.45) is 0.664. The Bertz CT molecular complexity index is 1580. The Morgan fingerprint density at radius 3 is 2.53 bits per heavy atom. The standard InChI is InChI=1S/C27H37N9O9S2/c1-13(2)10-43-22(41)26(6,7)45-33-16(15-11-46-23(28)30-15)18(37)31-17-19(38)35-12-27(21(39)40,47-20(17)35)36-9-14(32-34-36)8-29-24(42)44-25(3,4)5/h9,11,13,17,20H,8,10,12H2,1-7H3,(H2,28,30)(H,29,42)(H,31,37)(H,39,40)/b33-16-/t17?,20-,27-/m1/s1. The minimum Gasteiger partial charge on any atom is -0.479 e. The molecule has 2 fully saturated rings. The molecule has 3 atom stereocenters. The first-order valence-electron chi connectivity index (χ1n) is 14.4. The van der Waals surface area contributed by atoms with Crippen LogP contribution in [-0.2, 0) is 44.9 Å². The van der Waals surface area contributed by atoms with Crippen LogP contribution in [0.25, 0.3) is 0 Å². The SMILES string of the molecule is CC(C)COC(=O)C(C)(C)O/N=C(\C(=O)NC1C(=O)N2C[C@@](C(=O)O)(n3cc(CNC(=O)OC(C)(C)C)nn3)S[C@H]12)c1csc(N)n1. The van der Waals surface area contributed by atoms with Crippen LogP contribution in [0.4, 0.5) is 9.93 Å². The van der Waals surface area contributed by atoms with E-state index in [1.165, 1.54) is 30.3 Å². The van der Waals surface area contributed by atoms with Crippen LogP contribution >= 0.6 is 23.1 Å². The van der Waals surface area contributed by atoms with Crippen LogP contribution in [0, 0.1) is 5.92 Å². The Morgan fingerprint density at radius 1 is 1.23 bits per heavy atom. The van der Waals surface area contributed by atoms with E-state index in [4.69, 9.17) is 20.0 Å². The highest BCUT2D eigenvalue weighted by molar-refractivity contribution is 8.01. The van der Waals surface area contributed by atoms with Gasteiger partial charge in [0.25, 0.3) is 5.91 Å². The molecule has 0 radical (unpaired) electrons. The number of oxime groups is 1. The normalized spacial score (nSPS) is 21.1. The third-order valence-electron chi connectivity index (χ3n) is 6.57. The second kappa shape index (κ2) is 13.3. The van der Waals surface area contributed by atoms with Crippen LogP contribution in [0.15, 0.2) is 16.7 Å². The zero-order chi connectivity index (χ0) is 34.9. The van der Waals surface area contributed by atoms with Crippen LogP contribution in [-0.4, -0.2) is 101 Å². The van der Waals surface area contributed by atoms with Crippen molar-refractivity contribution in [1.29, 1.82) is 0 Å². The molecule has 2 aromatic heterocycles. The van der Waals surface area contributed by atoms with E-state index in [0.29, 0.717) is 0 Å². The predicted octanol–water partition coefficient (Wildman–Crippen LogP) is 0.878. The molecule has 2 aliphatic heterocycles. The van der Waals surface area contributed by atoms with E-state index in [2.05, 4.69) is 31.1 Å². The highest BCUT2D eigenvalue weighted by atomic mass is 32.2. The van der Waals surface area contributed by atoms with E-state index in [-0.39, 0.29) is 47.8 Å². The van der Waals surface area contributed by atoms with Crippen molar-refractivity contribution in [2.45, 2.75) is 82.5 Å². The average molecular weight is 696 g/mol. The van der Waals surface area contributed by atoms with Crippen molar-refractivity contribution < 1.29 is 43.4 Å². The minimum absolute atomic E-state index is 0.0362. The summed E-state index contributed by atoms with van der Waals surface area (Å²) in [7, 11) is 0. The van der Waals surface area contributed by atoms with Crippen LogP contribution in [0.3, 0.4) is 0 Å². The van der Waals surface area contributed by atoms with Crippen molar-refractivity contribution in [2.24, 2.45) is 11.1 Å². The van der Waals surface area contributed by atoms with Gasteiger partial charge in [-0.25, -0.2) is 24.0 Å². The van der Waals surface area contributed by atoms with Gasteiger partial charge >= 0.3 is 18.0 Å². The number of alkyl carbamates (subject to hydrolysis) is 1. The molecule has 47 heavy (non-hydrogen) atoms. The number of aromatic nitrogens is 4. The Kier molecular flexibility index (Phi) is 10.0. The fraction of sp³-hybridized carbons (Fsp3) is 0.593. The maximum absolute atomic E-state index is 13.5. The van der Waals surface area contributed by atoms with E-state index in [0.717, 1.165) is 27.8 Å². The maximum Gasteiger partial charge on any atom is 0.407 e. The molecule has 3 amide bonds. The van der Waals surface area contributed by atoms with Crippen molar-refractivity contribution >= 4 is 63.8 Å². The number of thioether (sulfide) groups is 1. The van der Waals surface area contributed by atoms with Gasteiger partial charge in [0.1, 0.15) is 28.4 Å². The van der Waals surface area contributed by atoms with E-state index in [9.17, 15) is 29.1 Å². The van der Waals surface area contributed by atoms with Gasteiger partial charge in [-0.3, -0.25) is 9.59 Å². The lowest BCUT2D eigenvalue weighted by Gasteiger charge is -2.41. The number of nitrogen functional groups attached to an aromatic ring is 1. The highest BCUT2D eigenvalue weighted by Gasteiger charge is 2.64. The second-order valence-electron chi connectivity index (χ2n) is 12.6. The number of carbonyl (C=O) groups excluding carboxylic acids is 4. The smallest absolute Gasteiger partial charge is 0.407 e. The van der Waals surface area contributed by atoms with Gasteiger partial charge in [-0.1, -0.05) is 36.0 Å². The Morgan fingerprint density at radius 2 is 1.94 bits per heavy atom. The molecule has 0 spiro atoms. The van der Waals surface area contributed by atoms with E-state index in [1.807, 2.05) is 13.8 Å². The Balaban J connectivity index is 1.48. The number of rotatable bonds is 12. The van der Waals surface area contributed by atoms with Gasteiger partial charge in [0, 0.05) is 5.38 Å². The molecule has 20 heteroatoms. The zero-order valence-electron chi connectivity index (χ0n) is 26.8. The number of anilines is 1. The summed E-state index contributed by atoms with van der Waals surface area (Å²) in [6, 6.07) is -1.14. The van der Waals surface area contributed by atoms with Crippen LogP contribution < -0.4 is 16.4 Å². The van der Waals surface area contributed by atoms with E-state index < -0.39 is 57.3 Å². The topological polar surface area (TPSA) is 243 Å². The highest BCUT2D eigenvalue weighted by Crippen LogP contribution is 2.49. The minimum atomic E-state index is -1.78. The second-order valence-corrected chi connectivity index (χ2v) is 14.9. The number of nitrogens with one attached hydrogen (secondary N) is 2. The molecule has 0 saturated carbocycles. The molecule has 2 saturated heterocycles. The van der Waals surface area contributed by atoms with Crippen molar-refractivity contribution in [2.75, 3.05) is 18.9 Å². The molecule has 5 N–H and O–H groups in total. The maximum atomic E-state index is 13.5. The van der Waals surface area contributed by atoms with Gasteiger partial charge in [-0.15, -0.1) is 16.4 Å².